The standard InChI is InChI=1S/C36H44O9/c1-17-7-8-21-33(43)28(44-6)14-30(42)36(21,31-13-26(41)32-25(40)9-19(37)10-27(32)45-31)22(17)11-23-18(2)24(39)12-29-34(3,4)15-20(38)16-35(23,29)5/h7,9-10,13-14,18,20-24,29,37-40H,8,11-12,15-16H2,1-6H3. The third-order valence-corrected chi connectivity index (χ3v) is 12.2. The molecule has 2 saturated carbocycles. The van der Waals surface area contributed by atoms with Crippen LogP contribution in [0.2, 0.25) is 0 Å². The van der Waals surface area contributed by atoms with Gasteiger partial charge >= 0.3 is 0 Å². The normalized spacial score (nSPS) is 37.8. The molecular formula is C36H44O9. The van der Waals surface area contributed by atoms with Crippen molar-refractivity contribution in [3.8, 4) is 11.5 Å². The summed E-state index contributed by atoms with van der Waals surface area (Å²) < 4.78 is 11.7. The second-order valence-corrected chi connectivity index (χ2v) is 15.0. The Morgan fingerprint density at radius 1 is 1.04 bits per heavy atom. The minimum absolute atomic E-state index is 0.00748. The lowest BCUT2D eigenvalue weighted by molar-refractivity contribution is -0.173. The van der Waals surface area contributed by atoms with Gasteiger partial charge in [0.05, 0.1) is 19.3 Å². The number of aliphatic hydroxyl groups is 2. The molecule has 2 aromatic rings. The van der Waals surface area contributed by atoms with Crippen molar-refractivity contribution in [2.75, 3.05) is 7.11 Å². The van der Waals surface area contributed by atoms with Gasteiger partial charge < -0.3 is 29.6 Å². The van der Waals surface area contributed by atoms with Gasteiger partial charge in [0.1, 0.15) is 33.6 Å². The molecule has 0 bridgehead atoms. The molecule has 0 amide bonds. The summed E-state index contributed by atoms with van der Waals surface area (Å²) in [4.78, 5) is 42.2. The molecule has 0 radical (unpaired) electrons. The summed E-state index contributed by atoms with van der Waals surface area (Å²) in [6.07, 6.45) is 4.49. The maximum atomic E-state index is 14.6. The number of rotatable bonds is 4. The van der Waals surface area contributed by atoms with Crippen LogP contribution in [0.1, 0.15) is 72.5 Å². The number of benzene rings is 1. The molecule has 9 atom stereocenters. The molecule has 4 aliphatic carbocycles. The molecule has 0 aliphatic heterocycles. The first-order valence-corrected chi connectivity index (χ1v) is 15.9. The van der Waals surface area contributed by atoms with Gasteiger partial charge in [0.25, 0.3) is 0 Å². The Morgan fingerprint density at radius 2 is 1.76 bits per heavy atom. The first-order valence-electron chi connectivity index (χ1n) is 15.9. The molecule has 0 saturated heterocycles. The molecule has 1 heterocycles. The third-order valence-electron chi connectivity index (χ3n) is 12.2. The van der Waals surface area contributed by atoms with E-state index in [4.69, 9.17) is 9.15 Å². The van der Waals surface area contributed by atoms with E-state index in [0.29, 0.717) is 25.7 Å². The lowest BCUT2D eigenvalue weighted by Gasteiger charge is -2.62. The van der Waals surface area contributed by atoms with E-state index in [9.17, 15) is 34.8 Å². The van der Waals surface area contributed by atoms with Crippen molar-refractivity contribution in [3.05, 3.63) is 57.7 Å². The van der Waals surface area contributed by atoms with E-state index in [1.54, 1.807) is 0 Å². The minimum Gasteiger partial charge on any atom is -0.508 e. The Kier molecular flexibility index (Phi) is 7.40. The topological polar surface area (TPSA) is 154 Å². The second-order valence-electron chi connectivity index (χ2n) is 15.0. The van der Waals surface area contributed by atoms with Gasteiger partial charge in [0.15, 0.2) is 17.0 Å². The first-order chi connectivity index (χ1) is 21.1. The summed E-state index contributed by atoms with van der Waals surface area (Å²) in [7, 11) is 1.34. The third kappa shape index (κ3) is 4.52. The van der Waals surface area contributed by atoms with E-state index in [1.165, 1.54) is 25.3 Å². The summed E-state index contributed by atoms with van der Waals surface area (Å²) in [6, 6.07) is 3.46. The zero-order chi connectivity index (χ0) is 32.8. The summed E-state index contributed by atoms with van der Waals surface area (Å²) >= 11 is 0. The summed E-state index contributed by atoms with van der Waals surface area (Å²) in [5.41, 5.74) is -2.07. The van der Waals surface area contributed by atoms with Crippen molar-refractivity contribution in [2.45, 2.75) is 84.3 Å². The number of allylic oxidation sites excluding steroid dienone is 4. The average Bonchev–Trinajstić information content (AvgIpc) is 2.93. The van der Waals surface area contributed by atoms with E-state index < -0.39 is 46.4 Å². The highest BCUT2D eigenvalue weighted by atomic mass is 16.5. The van der Waals surface area contributed by atoms with Gasteiger partial charge in [-0.1, -0.05) is 39.3 Å². The number of hydrogen-bond acceptors (Lipinski definition) is 9. The van der Waals surface area contributed by atoms with Crippen molar-refractivity contribution < 1.29 is 39.2 Å². The summed E-state index contributed by atoms with van der Waals surface area (Å²) in [5.74, 6) is -3.40. The van der Waals surface area contributed by atoms with Gasteiger partial charge in [-0.15, -0.1) is 0 Å². The van der Waals surface area contributed by atoms with Crippen LogP contribution in [-0.4, -0.2) is 51.3 Å². The number of fused-ring (bicyclic) bond motifs is 3. The number of hydrogen-bond donors (Lipinski definition) is 4. The van der Waals surface area contributed by atoms with Crippen LogP contribution in [0.15, 0.2) is 50.9 Å². The van der Waals surface area contributed by atoms with Gasteiger partial charge in [-0.2, -0.15) is 0 Å². The van der Waals surface area contributed by atoms with Crippen molar-refractivity contribution in [1.82, 2.24) is 0 Å². The molecule has 2 fully saturated rings. The van der Waals surface area contributed by atoms with Crippen LogP contribution >= 0.6 is 0 Å². The molecule has 4 N–H and O–H groups in total. The Balaban J connectivity index is 1.59. The van der Waals surface area contributed by atoms with E-state index in [2.05, 4.69) is 20.8 Å². The predicted molar refractivity (Wildman–Crippen MR) is 166 cm³/mol. The lowest BCUT2D eigenvalue weighted by atomic mass is 9.43. The zero-order valence-electron chi connectivity index (χ0n) is 26.8. The maximum absolute atomic E-state index is 14.6. The number of ether oxygens (including phenoxy) is 1. The average molecular weight is 621 g/mol. The second kappa shape index (κ2) is 10.6. The minimum atomic E-state index is -1.62. The fourth-order valence-electron chi connectivity index (χ4n) is 10.3. The largest absolute Gasteiger partial charge is 0.508 e. The summed E-state index contributed by atoms with van der Waals surface area (Å²) in [5, 5.41) is 43.1. The zero-order valence-corrected chi connectivity index (χ0v) is 26.8. The number of carbonyl (C=O) groups is 2. The van der Waals surface area contributed by atoms with Crippen LogP contribution in [-0.2, 0) is 19.7 Å². The predicted octanol–water partition coefficient (Wildman–Crippen LogP) is 4.92. The van der Waals surface area contributed by atoms with Crippen LogP contribution in [0.4, 0.5) is 0 Å². The molecule has 4 aliphatic rings. The molecule has 9 unspecified atom stereocenters. The number of aliphatic hydroxyl groups excluding tert-OH is 2. The first kappa shape index (κ1) is 31.5. The highest BCUT2D eigenvalue weighted by Gasteiger charge is 2.64. The van der Waals surface area contributed by atoms with E-state index in [1.807, 2.05) is 19.9 Å². The number of phenolic OH excluding ortho intramolecular Hbond substituents is 2. The highest BCUT2D eigenvalue weighted by Crippen LogP contribution is 2.64. The van der Waals surface area contributed by atoms with Crippen molar-refractivity contribution in [3.63, 3.8) is 0 Å². The molecule has 9 heteroatoms. The number of carbonyl (C=O) groups excluding carboxylic acids is 2. The monoisotopic (exact) mass is 620 g/mol. The molecular weight excluding hydrogens is 576 g/mol. The molecule has 1 aromatic heterocycles. The maximum Gasteiger partial charge on any atom is 0.202 e. The van der Waals surface area contributed by atoms with Crippen LogP contribution < -0.4 is 5.43 Å². The van der Waals surface area contributed by atoms with Gasteiger partial charge in [-0.25, -0.2) is 0 Å². The van der Waals surface area contributed by atoms with Crippen molar-refractivity contribution >= 4 is 22.5 Å². The van der Waals surface area contributed by atoms with Crippen LogP contribution in [0.25, 0.3) is 11.0 Å². The van der Waals surface area contributed by atoms with Gasteiger partial charge in [-0.05, 0) is 67.6 Å². The van der Waals surface area contributed by atoms with E-state index in [0.717, 1.165) is 11.6 Å². The Labute approximate surface area is 262 Å². The van der Waals surface area contributed by atoms with Crippen molar-refractivity contribution in [1.29, 1.82) is 0 Å². The number of Topliss-reactive ketones (excluding diaryl/α,β-unsaturated/α-hetero) is 1. The lowest BCUT2D eigenvalue weighted by Crippen LogP contribution is -2.60. The fourth-order valence-corrected chi connectivity index (χ4v) is 10.3. The quantitative estimate of drug-likeness (QED) is 0.349. The molecule has 1 aromatic carbocycles. The highest BCUT2D eigenvalue weighted by molar-refractivity contribution is 6.14. The SMILES string of the molecule is COC1=CC(=O)C2(c3cc(=O)c4c(O)cc(O)cc4o3)C(CC=C(C)C2CC2C(C)C(O)CC3C(C)(C)CC(O)CC23C)C1=O. The van der Waals surface area contributed by atoms with Crippen LogP contribution in [0.3, 0.4) is 0 Å². The number of methoxy groups -OCH3 is 1. The number of ketones is 2. The van der Waals surface area contributed by atoms with Crippen LogP contribution in [0.5, 0.6) is 11.5 Å². The number of phenols is 2. The molecule has 45 heavy (non-hydrogen) atoms. The van der Waals surface area contributed by atoms with E-state index >= 15 is 0 Å². The summed E-state index contributed by atoms with van der Waals surface area (Å²) in [6.45, 7) is 10.4. The van der Waals surface area contributed by atoms with Gasteiger partial charge in [-0.3, -0.25) is 14.4 Å². The molecule has 6 rings (SSSR count). The molecule has 9 nitrogen and oxygen atoms in total. The Morgan fingerprint density at radius 3 is 2.44 bits per heavy atom. The van der Waals surface area contributed by atoms with Gasteiger partial charge in [0.2, 0.25) is 5.78 Å². The smallest absolute Gasteiger partial charge is 0.202 e. The fraction of sp³-hybridized carbons (Fsp3) is 0.583. The van der Waals surface area contributed by atoms with Gasteiger partial charge in [0, 0.05) is 36.1 Å². The van der Waals surface area contributed by atoms with Crippen molar-refractivity contribution in [2.24, 2.45) is 40.4 Å². The Hall–Kier alpha value is -3.43. The van der Waals surface area contributed by atoms with Crippen LogP contribution in [0, 0.1) is 40.4 Å². The Bertz CT molecular complexity index is 1700. The van der Waals surface area contributed by atoms with E-state index in [-0.39, 0.29) is 69.0 Å². The number of aromatic hydroxyl groups is 2. The molecule has 0 spiro atoms. The molecule has 242 valence electrons.